The fraction of sp³-hybridized carbons (Fsp3) is 0.375. The minimum Gasteiger partial charge on any atom is -0.508 e. The summed E-state index contributed by atoms with van der Waals surface area (Å²) >= 11 is 1.71. The van der Waals surface area contributed by atoms with E-state index >= 15 is 0 Å². The summed E-state index contributed by atoms with van der Waals surface area (Å²) in [6.45, 7) is 5.87. The van der Waals surface area contributed by atoms with Gasteiger partial charge in [0, 0.05) is 37.0 Å². The van der Waals surface area contributed by atoms with Crippen molar-refractivity contribution in [2.45, 2.75) is 26.4 Å². The molecule has 1 unspecified atom stereocenters. The Morgan fingerprint density at radius 1 is 1.35 bits per heavy atom. The minimum atomic E-state index is 0.163. The van der Waals surface area contributed by atoms with Gasteiger partial charge < -0.3 is 15.3 Å². The zero-order valence-electron chi connectivity index (χ0n) is 12.3. The fourth-order valence-corrected chi connectivity index (χ4v) is 2.96. The van der Waals surface area contributed by atoms with Gasteiger partial charge in [-0.1, -0.05) is 13.0 Å². The predicted molar refractivity (Wildman–Crippen MR) is 86.6 cm³/mol. The Morgan fingerprint density at radius 3 is 2.75 bits per heavy atom. The van der Waals surface area contributed by atoms with Crippen molar-refractivity contribution < 1.29 is 5.11 Å². The van der Waals surface area contributed by atoms with Crippen molar-refractivity contribution in [3.05, 3.63) is 46.2 Å². The molecule has 0 aliphatic carbocycles. The first-order chi connectivity index (χ1) is 9.61. The molecule has 0 fully saturated rings. The second kappa shape index (κ2) is 6.77. The van der Waals surface area contributed by atoms with E-state index in [2.05, 4.69) is 47.0 Å². The summed E-state index contributed by atoms with van der Waals surface area (Å²) in [5.41, 5.74) is 3.27. The highest BCUT2D eigenvalue weighted by atomic mass is 32.1. The standard InChI is InChI=1S/C16H22N2OS/c1-4-17-12(2)15-6-5-14(9-16(15)19)18(3)10-13-7-8-20-11-13/h5-9,11-12,17,19H,4,10H2,1-3H3. The largest absolute Gasteiger partial charge is 0.508 e. The molecule has 0 saturated heterocycles. The van der Waals surface area contributed by atoms with Crippen LogP contribution in [0.4, 0.5) is 5.69 Å². The molecule has 108 valence electrons. The van der Waals surface area contributed by atoms with Crippen molar-refractivity contribution in [1.82, 2.24) is 5.32 Å². The van der Waals surface area contributed by atoms with Crippen LogP contribution in [0.1, 0.15) is 31.0 Å². The molecular formula is C16H22N2OS. The summed E-state index contributed by atoms with van der Waals surface area (Å²) in [4.78, 5) is 2.14. The molecule has 0 aliphatic rings. The third-order valence-corrected chi connectivity index (χ3v) is 4.16. The van der Waals surface area contributed by atoms with Gasteiger partial charge in [-0.15, -0.1) is 0 Å². The van der Waals surface area contributed by atoms with Crippen molar-refractivity contribution in [2.75, 3.05) is 18.5 Å². The van der Waals surface area contributed by atoms with Gasteiger partial charge in [-0.25, -0.2) is 0 Å². The Morgan fingerprint density at radius 2 is 2.15 bits per heavy atom. The van der Waals surface area contributed by atoms with Crippen molar-refractivity contribution in [2.24, 2.45) is 0 Å². The molecule has 3 nitrogen and oxygen atoms in total. The van der Waals surface area contributed by atoms with E-state index in [9.17, 15) is 5.11 Å². The number of hydrogen-bond donors (Lipinski definition) is 2. The summed E-state index contributed by atoms with van der Waals surface area (Å²) in [5.74, 6) is 0.355. The minimum absolute atomic E-state index is 0.163. The maximum absolute atomic E-state index is 10.2. The fourth-order valence-electron chi connectivity index (χ4n) is 2.30. The molecule has 0 spiro atoms. The number of anilines is 1. The van der Waals surface area contributed by atoms with Gasteiger partial charge in [-0.3, -0.25) is 0 Å². The molecule has 20 heavy (non-hydrogen) atoms. The highest BCUT2D eigenvalue weighted by Gasteiger charge is 2.11. The predicted octanol–water partition coefficient (Wildman–Crippen LogP) is 3.76. The number of hydrogen-bond acceptors (Lipinski definition) is 4. The van der Waals surface area contributed by atoms with E-state index in [1.807, 2.05) is 19.2 Å². The van der Waals surface area contributed by atoms with Crippen LogP contribution >= 0.6 is 11.3 Å². The lowest BCUT2D eigenvalue weighted by molar-refractivity contribution is 0.454. The molecule has 0 radical (unpaired) electrons. The van der Waals surface area contributed by atoms with E-state index in [0.29, 0.717) is 5.75 Å². The molecule has 2 rings (SSSR count). The van der Waals surface area contributed by atoms with Gasteiger partial charge in [-0.2, -0.15) is 11.3 Å². The summed E-state index contributed by atoms with van der Waals surface area (Å²) in [6.07, 6.45) is 0. The molecule has 4 heteroatoms. The van der Waals surface area contributed by atoms with Gasteiger partial charge in [-0.05, 0) is 41.9 Å². The number of nitrogens with one attached hydrogen (secondary N) is 1. The highest BCUT2D eigenvalue weighted by Crippen LogP contribution is 2.29. The van der Waals surface area contributed by atoms with Crippen LogP contribution in [0.15, 0.2) is 35.0 Å². The van der Waals surface area contributed by atoms with E-state index in [4.69, 9.17) is 0 Å². The van der Waals surface area contributed by atoms with E-state index in [-0.39, 0.29) is 6.04 Å². The third-order valence-electron chi connectivity index (χ3n) is 3.43. The Bertz CT molecular complexity index is 539. The maximum Gasteiger partial charge on any atom is 0.122 e. The summed E-state index contributed by atoms with van der Waals surface area (Å²) in [7, 11) is 2.04. The van der Waals surface area contributed by atoms with Crippen LogP contribution in [0.25, 0.3) is 0 Å². The van der Waals surface area contributed by atoms with Gasteiger partial charge in [0.15, 0.2) is 0 Å². The molecule has 0 bridgehead atoms. The Balaban J connectivity index is 2.11. The zero-order chi connectivity index (χ0) is 14.5. The highest BCUT2D eigenvalue weighted by molar-refractivity contribution is 7.07. The van der Waals surface area contributed by atoms with Gasteiger partial charge >= 0.3 is 0 Å². The topological polar surface area (TPSA) is 35.5 Å². The van der Waals surface area contributed by atoms with E-state index < -0.39 is 0 Å². The van der Waals surface area contributed by atoms with Crippen LogP contribution in [0, 0.1) is 0 Å². The number of phenols is 1. The number of phenolic OH excluding ortho intramolecular Hbond substituents is 1. The molecule has 1 atom stereocenters. The van der Waals surface area contributed by atoms with Gasteiger partial charge in [0.1, 0.15) is 5.75 Å². The monoisotopic (exact) mass is 290 g/mol. The summed E-state index contributed by atoms with van der Waals surface area (Å²) in [5, 5.41) is 17.8. The first-order valence-electron chi connectivity index (χ1n) is 6.90. The Hall–Kier alpha value is -1.52. The Kier molecular flexibility index (Phi) is 5.04. The lowest BCUT2D eigenvalue weighted by atomic mass is 10.1. The van der Waals surface area contributed by atoms with E-state index in [0.717, 1.165) is 24.3 Å². The molecule has 1 heterocycles. The first kappa shape index (κ1) is 14.9. The molecule has 1 aromatic carbocycles. The molecular weight excluding hydrogens is 268 g/mol. The molecule has 0 saturated carbocycles. The summed E-state index contributed by atoms with van der Waals surface area (Å²) < 4.78 is 0. The van der Waals surface area contributed by atoms with Crippen LogP contribution in [-0.2, 0) is 6.54 Å². The first-order valence-corrected chi connectivity index (χ1v) is 7.84. The zero-order valence-corrected chi connectivity index (χ0v) is 13.1. The number of rotatable bonds is 6. The second-order valence-corrected chi connectivity index (χ2v) is 5.79. The lowest BCUT2D eigenvalue weighted by Gasteiger charge is -2.21. The average Bonchev–Trinajstić information content (AvgIpc) is 2.91. The van der Waals surface area contributed by atoms with E-state index in [1.165, 1.54) is 5.56 Å². The van der Waals surface area contributed by atoms with Gasteiger partial charge in [0.2, 0.25) is 0 Å². The van der Waals surface area contributed by atoms with Crippen LogP contribution in [0.5, 0.6) is 5.75 Å². The number of nitrogens with zero attached hydrogens (tertiary/aromatic N) is 1. The van der Waals surface area contributed by atoms with Crippen LogP contribution in [-0.4, -0.2) is 18.7 Å². The SMILES string of the molecule is CCNC(C)c1ccc(N(C)Cc2ccsc2)cc1O. The smallest absolute Gasteiger partial charge is 0.122 e. The van der Waals surface area contributed by atoms with Gasteiger partial charge in [0.05, 0.1) is 0 Å². The number of aromatic hydroxyl groups is 1. The normalized spacial score (nSPS) is 12.3. The molecule has 1 aromatic heterocycles. The summed E-state index contributed by atoms with van der Waals surface area (Å²) in [6, 6.07) is 8.20. The molecule has 2 N–H and O–H groups in total. The van der Waals surface area contributed by atoms with Crippen molar-refractivity contribution in [1.29, 1.82) is 0 Å². The van der Waals surface area contributed by atoms with Crippen LogP contribution in [0.2, 0.25) is 0 Å². The molecule has 2 aromatic rings. The second-order valence-electron chi connectivity index (χ2n) is 5.01. The average molecular weight is 290 g/mol. The molecule has 0 amide bonds. The van der Waals surface area contributed by atoms with Crippen molar-refractivity contribution in [3.63, 3.8) is 0 Å². The van der Waals surface area contributed by atoms with E-state index in [1.54, 1.807) is 11.3 Å². The quantitative estimate of drug-likeness (QED) is 0.850. The molecule has 0 aliphatic heterocycles. The number of thiophene rings is 1. The van der Waals surface area contributed by atoms with Crippen LogP contribution in [0.3, 0.4) is 0 Å². The number of benzene rings is 1. The van der Waals surface area contributed by atoms with Gasteiger partial charge in [0.25, 0.3) is 0 Å². The van der Waals surface area contributed by atoms with Crippen molar-refractivity contribution in [3.8, 4) is 5.75 Å². The van der Waals surface area contributed by atoms with Crippen LogP contribution < -0.4 is 10.2 Å². The third kappa shape index (κ3) is 3.52. The van der Waals surface area contributed by atoms with Crippen molar-refractivity contribution >= 4 is 17.0 Å². The Labute approximate surface area is 124 Å². The maximum atomic E-state index is 10.2. The lowest BCUT2D eigenvalue weighted by Crippen LogP contribution is -2.19.